The number of carbonyl (C=O) groups is 1. The number of hydrogen-bond acceptors (Lipinski definition) is 7. The van der Waals surface area contributed by atoms with Gasteiger partial charge in [-0.2, -0.15) is 19.9 Å². The maximum Gasteiger partial charge on any atom is 0.263 e. The van der Waals surface area contributed by atoms with Crippen molar-refractivity contribution in [3.63, 3.8) is 0 Å². The molecular weight excluding hydrogens is 481 g/mol. The molecule has 0 radical (unpaired) electrons. The molecule has 0 saturated heterocycles. The molecule has 1 aliphatic rings. The van der Waals surface area contributed by atoms with Crippen LogP contribution in [-0.4, -0.2) is 42.2 Å². The minimum atomic E-state index is -0.443. The van der Waals surface area contributed by atoms with E-state index in [4.69, 9.17) is 9.47 Å². The number of anilines is 1. The van der Waals surface area contributed by atoms with E-state index in [0.29, 0.717) is 28.7 Å². The van der Waals surface area contributed by atoms with Gasteiger partial charge in [-0.3, -0.25) is 14.6 Å². The molecular formula is C25H18FN7O4. The molecule has 5 aromatic rings. The van der Waals surface area contributed by atoms with Gasteiger partial charge in [0.2, 0.25) is 18.6 Å². The minimum absolute atomic E-state index is 0.0736. The fourth-order valence-electron chi connectivity index (χ4n) is 3.89. The Bertz CT molecular complexity index is 1750. The third kappa shape index (κ3) is 4.20. The Kier molecular flexibility index (Phi) is 5.26. The molecule has 0 aliphatic carbocycles. The van der Waals surface area contributed by atoms with Crippen molar-refractivity contribution in [3.8, 4) is 23.1 Å². The van der Waals surface area contributed by atoms with Gasteiger partial charge in [0.1, 0.15) is 17.0 Å². The quantitative estimate of drug-likeness (QED) is 0.356. The van der Waals surface area contributed by atoms with Gasteiger partial charge in [0.25, 0.3) is 5.56 Å². The van der Waals surface area contributed by atoms with Crippen LogP contribution in [0, 0.1) is 12.7 Å². The van der Waals surface area contributed by atoms with Crippen LogP contribution < -0.4 is 20.3 Å². The summed E-state index contributed by atoms with van der Waals surface area (Å²) in [6.45, 7) is 1.91. The molecule has 12 heteroatoms. The molecule has 1 amide bonds. The van der Waals surface area contributed by atoms with Crippen LogP contribution in [0.5, 0.6) is 11.5 Å². The highest BCUT2D eigenvalue weighted by Gasteiger charge is 2.17. The summed E-state index contributed by atoms with van der Waals surface area (Å²) in [5.41, 5.74) is 1.68. The highest BCUT2D eigenvalue weighted by molar-refractivity contribution is 6.01. The van der Waals surface area contributed by atoms with Crippen molar-refractivity contribution in [2.24, 2.45) is 0 Å². The first kappa shape index (κ1) is 22.2. The molecule has 184 valence electrons. The SMILES string of the molecule is Cc1cc(NC(=O)/C=C\c2ccc3c(c2)OCO3)n(-c2nc3c(cnn3-c3ccc(F)cc3)c(=O)[nH]2)n1. The Labute approximate surface area is 207 Å². The van der Waals surface area contributed by atoms with Crippen LogP contribution >= 0.6 is 0 Å². The Balaban J connectivity index is 1.31. The average molecular weight is 499 g/mol. The maximum absolute atomic E-state index is 13.4. The number of amides is 1. The summed E-state index contributed by atoms with van der Waals surface area (Å²) in [7, 11) is 0. The van der Waals surface area contributed by atoms with Gasteiger partial charge in [-0.15, -0.1) is 0 Å². The topological polar surface area (TPSA) is 129 Å². The number of aromatic nitrogens is 6. The summed E-state index contributed by atoms with van der Waals surface area (Å²) in [5, 5.41) is 11.6. The van der Waals surface area contributed by atoms with Gasteiger partial charge in [-0.05, 0) is 55.0 Å². The van der Waals surface area contributed by atoms with Crippen LogP contribution in [0.3, 0.4) is 0 Å². The van der Waals surface area contributed by atoms with E-state index in [0.717, 1.165) is 5.56 Å². The number of hydrogen-bond donors (Lipinski definition) is 2. The fourth-order valence-corrected chi connectivity index (χ4v) is 3.89. The van der Waals surface area contributed by atoms with Crippen molar-refractivity contribution in [1.82, 2.24) is 29.5 Å². The molecule has 3 aromatic heterocycles. The van der Waals surface area contributed by atoms with Crippen molar-refractivity contribution < 1.29 is 18.7 Å². The van der Waals surface area contributed by atoms with Gasteiger partial charge in [0, 0.05) is 12.1 Å². The molecule has 37 heavy (non-hydrogen) atoms. The van der Waals surface area contributed by atoms with E-state index < -0.39 is 17.3 Å². The molecule has 0 unspecified atom stereocenters. The molecule has 0 bridgehead atoms. The molecule has 11 nitrogen and oxygen atoms in total. The normalized spacial score (nSPS) is 12.5. The second-order valence-corrected chi connectivity index (χ2v) is 8.18. The number of nitrogens with one attached hydrogen (secondary N) is 2. The first-order valence-corrected chi connectivity index (χ1v) is 11.1. The lowest BCUT2D eigenvalue weighted by atomic mass is 10.2. The number of benzene rings is 2. The monoisotopic (exact) mass is 499 g/mol. The zero-order valence-electron chi connectivity index (χ0n) is 19.3. The zero-order valence-corrected chi connectivity index (χ0v) is 19.3. The smallest absolute Gasteiger partial charge is 0.263 e. The predicted molar refractivity (Wildman–Crippen MR) is 132 cm³/mol. The largest absolute Gasteiger partial charge is 0.454 e. The van der Waals surface area contributed by atoms with Crippen LogP contribution in [0.4, 0.5) is 10.2 Å². The number of ether oxygens (including phenoxy) is 2. The number of aromatic amines is 1. The van der Waals surface area contributed by atoms with Gasteiger partial charge >= 0.3 is 0 Å². The standard InChI is InChI=1S/C25H18FN7O4/c1-14-10-21(28-22(34)9-3-15-2-8-19-20(11-15)37-13-36-19)33(31-14)25-29-23-18(24(35)30-25)12-27-32(23)17-6-4-16(26)5-7-17/h2-12H,13H2,1H3,(H,28,34)(H,29,30,35)/b9-3-. The van der Waals surface area contributed by atoms with Gasteiger partial charge in [-0.1, -0.05) is 6.07 Å². The summed E-state index contributed by atoms with van der Waals surface area (Å²) in [4.78, 5) is 32.7. The van der Waals surface area contributed by atoms with E-state index in [1.807, 2.05) is 0 Å². The Morgan fingerprint density at radius 2 is 1.92 bits per heavy atom. The lowest BCUT2D eigenvalue weighted by molar-refractivity contribution is -0.111. The van der Waals surface area contributed by atoms with E-state index in [2.05, 4.69) is 25.5 Å². The molecule has 2 aromatic carbocycles. The van der Waals surface area contributed by atoms with Gasteiger partial charge in [0.15, 0.2) is 17.1 Å². The molecule has 0 fully saturated rings. The molecule has 2 N–H and O–H groups in total. The highest BCUT2D eigenvalue weighted by atomic mass is 19.1. The minimum Gasteiger partial charge on any atom is -0.454 e. The number of nitrogens with zero attached hydrogens (tertiary/aromatic N) is 5. The molecule has 4 heterocycles. The number of halogens is 1. The van der Waals surface area contributed by atoms with Gasteiger partial charge in [-0.25, -0.2) is 9.07 Å². The second kappa shape index (κ2) is 8.75. The van der Waals surface area contributed by atoms with E-state index in [9.17, 15) is 14.0 Å². The van der Waals surface area contributed by atoms with Gasteiger partial charge in [0.05, 0.1) is 17.6 Å². The molecule has 0 atom stereocenters. The van der Waals surface area contributed by atoms with Crippen LogP contribution in [0.15, 0.2) is 65.6 Å². The molecule has 0 saturated carbocycles. The molecule has 6 rings (SSSR count). The van der Waals surface area contributed by atoms with Crippen LogP contribution in [0.1, 0.15) is 11.3 Å². The third-order valence-corrected chi connectivity index (χ3v) is 5.60. The molecule has 1 aliphatic heterocycles. The number of fused-ring (bicyclic) bond motifs is 2. The van der Waals surface area contributed by atoms with Crippen molar-refractivity contribution in [2.75, 3.05) is 12.1 Å². The summed E-state index contributed by atoms with van der Waals surface area (Å²) in [6.07, 6.45) is 4.39. The summed E-state index contributed by atoms with van der Waals surface area (Å²) in [6, 6.07) is 12.6. The van der Waals surface area contributed by atoms with Crippen molar-refractivity contribution in [3.05, 3.63) is 88.2 Å². The zero-order chi connectivity index (χ0) is 25.5. The van der Waals surface area contributed by atoms with Crippen molar-refractivity contribution in [1.29, 1.82) is 0 Å². The van der Waals surface area contributed by atoms with Gasteiger partial charge < -0.3 is 14.8 Å². The maximum atomic E-state index is 13.4. The second-order valence-electron chi connectivity index (χ2n) is 8.18. The van der Waals surface area contributed by atoms with Crippen LogP contribution in [0.2, 0.25) is 0 Å². The predicted octanol–water partition coefficient (Wildman–Crippen LogP) is 3.12. The first-order valence-electron chi connectivity index (χ1n) is 11.1. The number of H-pyrrole nitrogens is 1. The Morgan fingerprint density at radius 1 is 1.11 bits per heavy atom. The number of aryl methyl sites for hydroxylation is 1. The lowest BCUT2D eigenvalue weighted by Gasteiger charge is -2.08. The highest BCUT2D eigenvalue weighted by Crippen LogP contribution is 2.32. The van der Waals surface area contributed by atoms with E-state index in [1.54, 1.807) is 37.3 Å². The van der Waals surface area contributed by atoms with Crippen LogP contribution in [-0.2, 0) is 4.79 Å². The average Bonchev–Trinajstić information content (AvgIpc) is 3.61. The fraction of sp³-hybridized carbons (Fsp3) is 0.0800. The first-order chi connectivity index (χ1) is 17.9. The van der Waals surface area contributed by atoms with Crippen LogP contribution in [0.25, 0.3) is 28.7 Å². The third-order valence-electron chi connectivity index (χ3n) is 5.60. The lowest BCUT2D eigenvalue weighted by Crippen LogP contribution is -2.18. The van der Waals surface area contributed by atoms with E-state index in [1.165, 1.54) is 45.9 Å². The van der Waals surface area contributed by atoms with E-state index >= 15 is 0 Å². The Hall–Kier alpha value is -5.26. The summed E-state index contributed by atoms with van der Waals surface area (Å²) in [5.74, 6) is 0.824. The number of rotatable bonds is 5. The molecule has 0 spiro atoms. The summed E-state index contributed by atoms with van der Waals surface area (Å²) >= 11 is 0. The van der Waals surface area contributed by atoms with E-state index in [-0.39, 0.29) is 23.8 Å². The summed E-state index contributed by atoms with van der Waals surface area (Å²) < 4.78 is 26.8. The van der Waals surface area contributed by atoms with Crippen molar-refractivity contribution in [2.45, 2.75) is 6.92 Å². The number of carbonyl (C=O) groups excluding carboxylic acids is 1. The Morgan fingerprint density at radius 3 is 2.76 bits per heavy atom. The van der Waals surface area contributed by atoms with Crippen molar-refractivity contribution >= 4 is 28.8 Å².